The number of hydrogen-bond acceptors (Lipinski definition) is 4. The molecule has 1 aromatic rings. The largest absolute Gasteiger partial charge is 0.433 e. The summed E-state index contributed by atoms with van der Waals surface area (Å²) in [6, 6.07) is 0.894. The molecule has 1 aliphatic heterocycles. The number of anilines is 1. The Hall–Kier alpha value is -1.08. The summed E-state index contributed by atoms with van der Waals surface area (Å²) in [5, 5.41) is 8.71. The topological polar surface area (TPSA) is 49.2 Å². The van der Waals surface area contributed by atoms with Gasteiger partial charge in [-0.1, -0.05) is 0 Å². The van der Waals surface area contributed by atoms with Crippen molar-refractivity contribution >= 4 is 17.4 Å². The van der Waals surface area contributed by atoms with E-state index in [0.717, 1.165) is 18.9 Å². The first-order valence-electron chi connectivity index (χ1n) is 5.87. The van der Waals surface area contributed by atoms with E-state index in [-0.39, 0.29) is 18.3 Å². The van der Waals surface area contributed by atoms with Crippen LogP contribution in [-0.2, 0) is 6.18 Å². The first-order valence-corrected chi connectivity index (χ1v) is 6.25. The third kappa shape index (κ3) is 3.48. The second-order valence-corrected chi connectivity index (χ2v) is 4.85. The number of halogens is 4. The molecule has 1 aliphatic rings. The second-order valence-electron chi connectivity index (χ2n) is 4.52. The smallest absolute Gasteiger partial charge is 0.396 e. The van der Waals surface area contributed by atoms with Gasteiger partial charge in [0.2, 0.25) is 5.28 Å². The highest BCUT2D eigenvalue weighted by Gasteiger charge is 2.34. The summed E-state index contributed by atoms with van der Waals surface area (Å²) in [5.74, 6) is 0.210. The van der Waals surface area contributed by atoms with Gasteiger partial charge >= 0.3 is 6.18 Å². The molecule has 19 heavy (non-hydrogen) atoms. The molecule has 0 saturated carbocycles. The zero-order valence-corrected chi connectivity index (χ0v) is 10.7. The molecular formula is C11H13ClF3N3O. The van der Waals surface area contributed by atoms with Gasteiger partial charge in [-0.25, -0.2) is 9.97 Å². The summed E-state index contributed by atoms with van der Waals surface area (Å²) < 4.78 is 38.0. The fraction of sp³-hybridized carbons (Fsp3) is 0.636. The number of piperidine rings is 1. The lowest BCUT2D eigenvalue weighted by molar-refractivity contribution is -0.141. The van der Waals surface area contributed by atoms with Crippen molar-refractivity contribution in [1.82, 2.24) is 9.97 Å². The van der Waals surface area contributed by atoms with Crippen LogP contribution in [0.4, 0.5) is 19.0 Å². The standard InChI is InChI=1S/C11H13ClF3N3O/c12-10-16-8(11(13,14)15)4-9(17-10)18-3-1-2-7(5-18)6-19/h4,7,19H,1-3,5-6H2. The highest BCUT2D eigenvalue weighted by molar-refractivity contribution is 6.28. The summed E-state index contributed by atoms with van der Waals surface area (Å²) in [6.07, 6.45) is -2.89. The fourth-order valence-corrected chi connectivity index (χ4v) is 2.31. The molecule has 1 atom stereocenters. The number of nitrogens with zero attached hydrogens (tertiary/aromatic N) is 3. The highest BCUT2D eigenvalue weighted by Crippen LogP contribution is 2.31. The van der Waals surface area contributed by atoms with Crippen LogP contribution in [0.25, 0.3) is 0 Å². The maximum absolute atomic E-state index is 12.7. The van der Waals surface area contributed by atoms with E-state index in [2.05, 4.69) is 9.97 Å². The molecule has 0 aromatic carbocycles. The third-order valence-corrected chi connectivity index (χ3v) is 3.25. The van der Waals surface area contributed by atoms with Crippen molar-refractivity contribution in [2.45, 2.75) is 19.0 Å². The second kappa shape index (κ2) is 5.50. The van der Waals surface area contributed by atoms with Crippen LogP contribution >= 0.6 is 11.6 Å². The van der Waals surface area contributed by atoms with Crippen LogP contribution in [0, 0.1) is 5.92 Å². The Morgan fingerprint density at radius 1 is 1.42 bits per heavy atom. The first kappa shape index (κ1) is 14.3. The Labute approximate surface area is 113 Å². The van der Waals surface area contributed by atoms with Crippen LogP contribution in [0.3, 0.4) is 0 Å². The van der Waals surface area contributed by atoms with Gasteiger partial charge in [0, 0.05) is 25.8 Å². The molecule has 4 nitrogen and oxygen atoms in total. The van der Waals surface area contributed by atoms with E-state index in [0.29, 0.717) is 13.1 Å². The van der Waals surface area contributed by atoms with E-state index in [4.69, 9.17) is 16.7 Å². The number of aliphatic hydroxyl groups is 1. The van der Waals surface area contributed by atoms with E-state index in [1.165, 1.54) is 0 Å². The van der Waals surface area contributed by atoms with Gasteiger partial charge in [-0.05, 0) is 30.4 Å². The summed E-state index contributed by atoms with van der Waals surface area (Å²) in [6.45, 7) is 1.09. The zero-order chi connectivity index (χ0) is 14.0. The van der Waals surface area contributed by atoms with Gasteiger partial charge < -0.3 is 10.0 Å². The van der Waals surface area contributed by atoms with Crippen molar-refractivity contribution in [1.29, 1.82) is 0 Å². The molecule has 1 N–H and O–H groups in total. The normalized spacial score (nSPS) is 20.7. The number of aliphatic hydroxyl groups excluding tert-OH is 1. The molecule has 0 bridgehead atoms. The van der Waals surface area contributed by atoms with Crippen molar-refractivity contribution in [3.05, 3.63) is 17.0 Å². The van der Waals surface area contributed by atoms with E-state index in [1.54, 1.807) is 4.90 Å². The van der Waals surface area contributed by atoms with Crippen LogP contribution in [0.1, 0.15) is 18.5 Å². The van der Waals surface area contributed by atoms with Gasteiger partial charge in [-0.3, -0.25) is 0 Å². The molecular weight excluding hydrogens is 283 g/mol. The van der Waals surface area contributed by atoms with Gasteiger partial charge in [-0.2, -0.15) is 13.2 Å². The number of aromatic nitrogens is 2. The molecule has 1 saturated heterocycles. The van der Waals surface area contributed by atoms with Gasteiger partial charge in [0.05, 0.1) is 0 Å². The monoisotopic (exact) mass is 295 g/mol. The highest BCUT2D eigenvalue weighted by atomic mass is 35.5. The Morgan fingerprint density at radius 3 is 2.79 bits per heavy atom. The minimum atomic E-state index is -4.55. The van der Waals surface area contributed by atoms with Crippen molar-refractivity contribution in [3.8, 4) is 0 Å². The minimum absolute atomic E-state index is 0.0153. The molecule has 2 rings (SSSR count). The number of rotatable bonds is 2. The average molecular weight is 296 g/mol. The molecule has 106 valence electrons. The van der Waals surface area contributed by atoms with Gasteiger partial charge in [0.25, 0.3) is 0 Å². The first-order chi connectivity index (χ1) is 8.90. The average Bonchev–Trinajstić information content (AvgIpc) is 2.37. The number of hydrogen-bond donors (Lipinski definition) is 1. The molecule has 8 heteroatoms. The van der Waals surface area contributed by atoms with Crippen LogP contribution in [-0.4, -0.2) is 34.8 Å². The lowest BCUT2D eigenvalue weighted by atomic mass is 9.99. The number of alkyl halides is 3. The predicted octanol–water partition coefficient (Wildman–Crippen LogP) is 2.36. The lowest BCUT2D eigenvalue weighted by Gasteiger charge is -2.32. The fourth-order valence-electron chi connectivity index (χ4n) is 2.14. The SMILES string of the molecule is OCC1CCCN(c2cc(C(F)(F)F)nc(Cl)n2)C1. The molecule has 1 unspecified atom stereocenters. The molecule has 0 aliphatic carbocycles. The van der Waals surface area contributed by atoms with E-state index < -0.39 is 17.2 Å². The van der Waals surface area contributed by atoms with Gasteiger partial charge in [-0.15, -0.1) is 0 Å². The molecule has 2 heterocycles. The molecule has 0 radical (unpaired) electrons. The Kier molecular flexibility index (Phi) is 4.15. The summed E-state index contributed by atoms with van der Waals surface area (Å²) in [4.78, 5) is 8.73. The Balaban J connectivity index is 2.26. The zero-order valence-electron chi connectivity index (χ0n) is 9.99. The van der Waals surface area contributed by atoms with Crippen LogP contribution in [0.2, 0.25) is 5.28 Å². The van der Waals surface area contributed by atoms with Gasteiger partial charge in [0.1, 0.15) is 5.82 Å². The van der Waals surface area contributed by atoms with Crippen molar-refractivity contribution in [2.75, 3.05) is 24.6 Å². The Bertz CT molecular complexity index is 455. The van der Waals surface area contributed by atoms with Crippen LogP contribution in [0.5, 0.6) is 0 Å². The molecule has 1 aromatic heterocycles. The Morgan fingerprint density at radius 2 is 2.16 bits per heavy atom. The van der Waals surface area contributed by atoms with Crippen LogP contribution < -0.4 is 4.90 Å². The summed E-state index contributed by atoms with van der Waals surface area (Å²) in [5.41, 5.74) is -1.05. The molecule has 1 fully saturated rings. The molecule has 0 amide bonds. The molecule has 0 spiro atoms. The third-order valence-electron chi connectivity index (χ3n) is 3.08. The van der Waals surface area contributed by atoms with Crippen molar-refractivity contribution in [2.24, 2.45) is 5.92 Å². The van der Waals surface area contributed by atoms with Gasteiger partial charge in [0.15, 0.2) is 5.69 Å². The maximum Gasteiger partial charge on any atom is 0.433 e. The minimum Gasteiger partial charge on any atom is -0.396 e. The summed E-state index contributed by atoms with van der Waals surface area (Å²) in [7, 11) is 0. The van der Waals surface area contributed by atoms with E-state index in [1.807, 2.05) is 0 Å². The quantitative estimate of drug-likeness (QED) is 0.851. The maximum atomic E-state index is 12.7. The van der Waals surface area contributed by atoms with Crippen molar-refractivity contribution < 1.29 is 18.3 Å². The van der Waals surface area contributed by atoms with Crippen LogP contribution in [0.15, 0.2) is 6.07 Å². The van der Waals surface area contributed by atoms with Crippen molar-refractivity contribution in [3.63, 3.8) is 0 Å². The summed E-state index contributed by atoms with van der Waals surface area (Å²) >= 11 is 5.55. The predicted molar refractivity (Wildman–Crippen MR) is 64.1 cm³/mol. The lowest BCUT2D eigenvalue weighted by Crippen LogP contribution is -2.37. The van der Waals surface area contributed by atoms with E-state index in [9.17, 15) is 13.2 Å². The van der Waals surface area contributed by atoms with E-state index >= 15 is 0 Å².